The molecule has 138 valence electrons. The fourth-order valence-electron chi connectivity index (χ4n) is 2.77. The van der Waals surface area contributed by atoms with Gasteiger partial charge in [0.25, 0.3) is 0 Å². The lowest BCUT2D eigenvalue weighted by molar-refractivity contribution is -0.129. The van der Waals surface area contributed by atoms with Gasteiger partial charge in [0.05, 0.1) is 0 Å². The molecule has 4 rings (SSSR count). The average molecular weight is 373 g/mol. The Balaban J connectivity index is 1.59. The highest BCUT2D eigenvalue weighted by molar-refractivity contribution is 6.12. The Morgan fingerprint density at radius 3 is 2.57 bits per heavy atom. The van der Waals surface area contributed by atoms with Gasteiger partial charge in [-0.2, -0.15) is 0 Å². The van der Waals surface area contributed by atoms with E-state index in [1.807, 2.05) is 54.6 Å². The minimum atomic E-state index is -0.586. The molecular formula is C23H16FNO3. The molecule has 0 N–H and O–H groups in total. The van der Waals surface area contributed by atoms with Gasteiger partial charge in [0.2, 0.25) is 5.90 Å². The first-order valence-corrected chi connectivity index (χ1v) is 8.73. The summed E-state index contributed by atoms with van der Waals surface area (Å²) in [5.41, 5.74) is 2.28. The van der Waals surface area contributed by atoms with Gasteiger partial charge in [-0.3, -0.25) is 0 Å². The molecule has 0 aromatic heterocycles. The van der Waals surface area contributed by atoms with Crippen LogP contribution in [-0.4, -0.2) is 11.9 Å². The number of rotatable bonds is 5. The fourth-order valence-corrected chi connectivity index (χ4v) is 2.77. The first-order valence-electron chi connectivity index (χ1n) is 8.73. The van der Waals surface area contributed by atoms with Crippen LogP contribution in [-0.2, 0) is 16.1 Å². The first-order chi connectivity index (χ1) is 13.7. The van der Waals surface area contributed by atoms with Crippen LogP contribution in [0.15, 0.2) is 89.6 Å². The van der Waals surface area contributed by atoms with E-state index in [-0.39, 0.29) is 11.6 Å². The molecule has 5 heteroatoms. The maximum Gasteiger partial charge on any atom is 0.363 e. The van der Waals surface area contributed by atoms with Crippen LogP contribution in [0.5, 0.6) is 5.75 Å². The molecule has 0 saturated heterocycles. The number of ether oxygens (including phenoxy) is 2. The second kappa shape index (κ2) is 7.88. The van der Waals surface area contributed by atoms with Crippen LogP contribution in [0.4, 0.5) is 4.39 Å². The molecule has 0 radical (unpaired) electrons. The van der Waals surface area contributed by atoms with Crippen molar-refractivity contribution in [2.45, 2.75) is 6.61 Å². The van der Waals surface area contributed by atoms with Gasteiger partial charge in [0, 0.05) is 11.1 Å². The second-order valence-corrected chi connectivity index (χ2v) is 6.16. The third-order valence-corrected chi connectivity index (χ3v) is 4.14. The maximum absolute atomic E-state index is 13.4. The van der Waals surface area contributed by atoms with Crippen LogP contribution < -0.4 is 4.74 Å². The summed E-state index contributed by atoms with van der Waals surface area (Å²) in [4.78, 5) is 16.4. The van der Waals surface area contributed by atoms with Crippen molar-refractivity contribution in [3.05, 3.63) is 107 Å². The van der Waals surface area contributed by atoms with Crippen molar-refractivity contribution >= 4 is 17.9 Å². The third-order valence-electron chi connectivity index (χ3n) is 4.14. The van der Waals surface area contributed by atoms with Crippen LogP contribution in [0.3, 0.4) is 0 Å². The number of hydrogen-bond donors (Lipinski definition) is 0. The average Bonchev–Trinajstić information content (AvgIpc) is 3.09. The number of halogens is 1. The number of hydrogen-bond acceptors (Lipinski definition) is 4. The minimum Gasteiger partial charge on any atom is -0.488 e. The molecule has 3 aromatic rings. The number of nitrogens with zero attached hydrogens (tertiary/aromatic N) is 1. The maximum atomic E-state index is 13.4. The lowest BCUT2D eigenvalue weighted by atomic mass is 10.1. The summed E-state index contributed by atoms with van der Waals surface area (Å²) in [7, 11) is 0. The number of carbonyl (C=O) groups excluding carboxylic acids is 1. The molecule has 0 amide bonds. The summed E-state index contributed by atoms with van der Waals surface area (Å²) < 4.78 is 24.5. The number of cyclic esters (lactones) is 1. The molecule has 1 aliphatic heterocycles. The quantitative estimate of drug-likeness (QED) is 0.479. The van der Waals surface area contributed by atoms with Gasteiger partial charge in [-0.1, -0.05) is 54.6 Å². The van der Waals surface area contributed by atoms with Crippen molar-refractivity contribution in [2.24, 2.45) is 4.99 Å². The SMILES string of the molecule is O=C1OC(c2cccc(F)c2)=N/C1=C/c1ccccc1OCc1ccccc1. The monoisotopic (exact) mass is 373 g/mol. The van der Waals surface area contributed by atoms with E-state index in [0.717, 1.165) is 5.56 Å². The summed E-state index contributed by atoms with van der Waals surface area (Å²) in [6.07, 6.45) is 1.61. The molecule has 0 aliphatic carbocycles. The van der Waals surface area contributed by atoms with Gasteiger partial charge < -0.3 is 9.47 Å². The molecule has 1 aliphatic rings. The Morgan fingerprint density at radius 2 is 1.75 bits per heavy atom. The summed E-state index contributed by atoms with van der Waals surface area (Å²) in [6.45, 7) is 0.406. The molecule has 1 heterocycles. The zero-order valence-electron chi connectivity index (χ0n) is 14.8. The Labute approximate surface area is 161 Å². The topological polar surface area (TPSA) is 47.9 Å². The van der Waals surface area contributed by atoms with Crippen molar-refractivity contribution in [2.75, 3.05) is 0 Å². The Morgan fingerprint density at radius 1 is 0.964 bits per heavy atom. The van der Waals surface area contributed by atoms with Crippen molar-refractivity contribution in [1.82, 2.24) is 0 Å². The molecule has 3 aromatic carbocycles. The van der Waals surface area contributed by atoms with Gasteiger partial charge in [-0.25, -0.2) is 14.2 Å². The summed E-state index contributed by atoms with van der Waals surface area (Å²) >= 11 is 0. The van der Waals surface area contributed by atoms with Gasteiger partial charge in [-0.15, -0.1) is 0 Å². The molecule has 0 bridgehead atoms. The molecule has 0 fully saturated rings. The van der Waals surface area contributed by atoms with E-state index in [9.17, 15) is 9.18 Å². The van der Waals surface area contributed by atoms with E-state index in [1.165, 1.54) is 18.2 Å². The molecular weight excluding hydrogens is 357 g/mol. The third kappa shape index (κ3) is 3.99. The molecule has 0 saturated carbocycles. The number of para-hydroxylation sites is 1. The highest BCUT2D eigenvalue weighted by Gasteiger charge is 2.24. The smallest absolute Gasteiger partial charge is 0.363 e. The van der Waals surface area contributed by atoms with Crippen molar-refractivity contribution in [1.29, 1.82) is 0 Å². The first kappa shape index (κ1) is 17.7. The largest absolute Gasteiger partial charge is 0.488 e. The standard InChI is InChI=1S/C23H16FNO3/c24-19-11-6-10-18(13-19)22-25-20(23(26)28-22)14-17-9-4-5-12-21(17)27-15-16-7-2-1-3-8-16/h1-14H,15H2/b20-14+. The highest BCUT2D eigenvalue weighted by Crippen LogP contribution is 2.25. The van der Waals surface area contributed by atoms with E-state index in [4.69, 9.17) is 9.47 Å². The predicted molar refractivity (Wildman–Crippen MR) is 104 cm³/mol. The Bertz CT molecular complexity index is 1070. The highest BCUT2D eigenvalue weighted by atomic mass is 19.1. The summed E-state index contributed by atoms with van der Waals surface area (Å²) in [5.74, 6) is -0.301. The van der Waals surface area contributed by atoms with Gasteiger partial charge >= 0.3 is 5.97 Å². The summed E-state index contributed by atoms with van der Waals surface area (Å²) in [5, 5.41) is 0. The summed E-state index contributed by atoms with van der Waals surface area (Å²) in [6, 6.07) is 22.9. The van der Waals surface area contributed by atoms with E-state index in [1.54, 1.807) is 12.1 Å². The van der Waals surface area contributed by atoms with Crippen LogP contribution in [0.25, 0.3) is 6.08 Å². The lowest BCUT2D eigenvalue weighted by Gasteiger charge is -2.09. The van der Waals surface area contributed by atoms with Crippen molar-refractivity contribution in [3.63, 3.8) is 0 Å². The normalized spacial score (nSPS) is 14.7. The molecule has 4 nitrogen and oxygen atoms in total. The fraction of sp³-hybridized carbons (Fsp3) is 0.0435. The van der Waals surface area contributed by atoms with Crippen molar-refractivity contribution < 1.29 is 18.7 Å². The van der Waals surface area contributed by atoms with Crippen LogP contribution in [0.1, 0.15) is 16.7 Å². The Kier molecular flexibility index (Phi) is 4.97. The number of carbonyl (C=O) groups is 1. The number of esters is 1. The van der Waals surface area contributed by atoms with E-state index in [0.29, 0.717) is 23.5 Å². The Hall–Kier alpha value is -3.73. The molecule has 0 unspecified atom stereocenters. The minimum absolute atomic E-state index is 0.0819. The second-order valence-electron chi connectivity index (χ2n) is 6.16. The number of benzene rings is 3. The molecule has 0 atom stereocenters. The van der Waals surface area contributed by atoms with Crippen LogP contribution in [0.2, 0.25) is 0 Å². The van der Waals surface area contributed by atoms with E-state index in [2.05, 4.69) is 4.99 Å². The van der Waals surface area contributed by atoms with E-state index < -0.39 is 11.8 Å². The predicted octanol–water partition coefficient (Wildman–Crippen LogP) is 4.75. The van der Waals surface area contributed by atoms with Crippen molar-refractivity contribution in [3.8, 4) is 5.75 Å². The van der Waals surface area contributed by atoms with Gasteiger partial charge in [0.1, 0.15) is 18.2 Å². The van der Waals surface area contributed by atoms with Gasteiger partial charge in [0.15, 0.2) is 5.70 Å². The van der Waals surface area contributed by atoms with Gasteiger partial charge in [-0.05, 0) is 35.9 Å². The van der Waals surface area contributed by atoms with Crippen LogP contribution >= 0.6 is 0 Å². The zero-order chi connectivity index (χ0) is 19.3. The molecule has 28 heavy (non-hydrogen) atoms. The lowest BCUT2D eigenvalue weighted by Crippen LogP contribution is -2.05. The van der Waals surface area contributed by atoms with Crippen LogP contribution in [0, 0.1) is 5.82 Å². The number of aliphatic imine (C=N–C) groups is 1. The zero-order valence-corrected chi connectivity index (χ0v) is 14.8. The molecule has 0 spiro atoms. The van der Waals surface area contributed by atoms with E-state index >= 15 is 0 Å².